The van der Waals surface area contributed by atoms with Gasteiger partial charge in [0.05, 0.1) is 10.5 Å². The fraction of sp³-hybridized carbons (Fsp3) is 0.0714. The topological polar surface area (TPSA) is 111 Å². The van der Waals surface area contributed by atoms with E-state index < -0.39 is 4.92 Å². The molecule has 7 heteroatoms. The summed E-state index contributed by atoms with van der Waals surface area (Å²) < 4.78 is 5.65. The quantitative estimate of drug-likeness (QED) is 0.295. The predicted molar refractivity (Wildman–Crippen MR) is 76.9 cm³/mol. The second-order valence-electron chi connectivity index (χ2n) is 4.34. The summed E-state index contributed by atoms with van der Waals surface area (Å²) in [5.41, 5.74) is 6.52. The fourth-order valence-electron chi connectivity index (χ4n) is 1.78. The first kappa shape index (κ1) is 14.3. The van der Waals surface area contributed by atoms with Crippen molar-refractivity contribution < 1.29 is 14.9 Å². The maximum Gasteiger partial charge on any atom is 0.270 e. The molecule has 0 aliphatic rings. The fourth-order valence-corrected chi connectivity index (χ4v) is 1.78. The van der Waals surface area contributed by atoms with Gasteiger partial charge in [-0.15, -0.1) is 0 Å². The molecule has 3 N–H and O–H groups in total. The molecule has 0 aliphatic heterocycles. The third-order valence-corrected chi connectivity index (χ3v) is 2.78. The van der Waals surface area contributed by atoms with E-state index in [-0.39, 0.29) is 22.8 Å². The van der Waals surface area contributed by atoms with Crippen molar-refractivity contribution in [3.63, 3.8) is 0 Å². The summed E-state index contributed by atoms with van der Waals surface area (Å²) in [6.45, 7) is 1.91. The van der Waals surface area contributed by atoms with Crippen LogP contribution < -0.4 is 10.5 Å². The number of nitro groups is 1. The van der Waals surface area contributed by atoms with E-state index in [0.29, 0.717) is 5.75 Å². The summed E-state index contributed by atoms with van der Waals surface area (Å²) in [4.78, 5) is 10.2. The summed E-state index contributed by atoms with van der Waals surface area (Å²) in [5, 5.41) is 22.5. The summed E-state index contributed by atoms with van der Waals surface area (Å²) >= 11 is 0. The van der Waals surface area contributed by atoms with Gasteiger partial charge >= 0.3 is 0 Å². The van der Waals surface area contributed by atoms with Crippen molar-refractivity contribution in [3.8, 4) is 11.5 Å². The molecular formula is C14H13N3O4. The normalized spacial score (nSPS) is 11.2. The highest BCUT2D eigenvalue weighted by Gasteiger charge is 2.15. The van der Waals surface area contributed by atoms with E-state index in [0.717, 1.165) is 5.56 Å². The van der Waals surface area contributed by atoms with Crippen molar-refractivity contribution in [1.82, 2.24) is 0 Å². The molecule has 108 valence electrons. The van der Waals surface area contributed by atoms with Gasteiger partial charge in [-0.1, -0.05) is 17.3 Å². The van der Waals surface area contributed by atoms with E-state index in [2.05, 4.69) is 5.16 Å². The maximum atomic E-state index is 10.8. The minimum atomic E-state index is -0.565. The monoisotopic (exact) mass is 287 g/mol. The van der Waals surface area contributed by atoms with Crippen LogP contribution >= 0.6 is 0 Å². The zero-order valence-corrected chi connectivity index (χ0v) is 11.2. The first-order chi connectivity index (χ1) is 10.0. The van der Waals surface area contributed by atoms with Crippen molar-refractivity contribution >= 4 is 11.5 Å². The lowest BCUT2D eigenvalue weighted by molar-refractivity contribution is -0.384. The first-order valence-electron chi connectivity index (χ1n) is 6.02. The molecular weight excluding hydrogens is 274 g/mol. The molecule has 0 aliphatic carbocycles. The van der Waals surface area contributed by atoms with Crippen LogP contribution in [0, 0.1) is 17.0 Å². The van der Waals surface area contributed by atoms with Crippen LogP contribution in [-0.4, -0.2) is 16.0 Å². The van der Waals surface area contributed by atoms with Crippen LogP contribution in [0.25, 0.3) is 0 Å². The minimum absolute atomic E-state index is 0.146. The van der Waals surface area contributed by atoms with Gasteiger partial charge in [0.2, 0.25) is 0 Å². The zero-order valence-electron chi connectivity index (χ0n) is 11.2. The smallest absolute Gasteiger partial charge is 0.270 e. The van der Waals surface area contributed by atoms with Gasteiger partial charge in [0, 0.05) is 12.1 Å². The van der Waals surface area contributed by atoms with Crippen LogP contribution in [-0.2, 0) is 0 Å². The molecule has 7 nitrogen and oxygen atoms in total. The zero-order chi connectivity index (χ0) is 15.4. The van der Waals surface area contributed by atoms with Gasteiger partial charge < -0.3 is 15.7 Å². The molecule has 0 fully saturated rings. The van der Waals surface area contributed by atoms with Crippen LogP contribution in [0.1, 0.15) is 11.1 Å². The molecule has 0 heterocycles. The van der Waals surface area contributed by atoms with Crippen LogP contribution in [0.15, 0.2) is 47.6 Å². The summed E-state index contributed by atoms with van der Waals surface area (Å²) in [7, 11) is 0. The van der Waals surface area contributed by atoms with E-state index in [4.69, 9.17) is 15.7 Å². The number of hydrogen-bond donors (Lipinski definition) is 2. The lowest BCUT2D eigenvalue weighted by Gasteiger charge is -2.10. The van der Waals surface area contributed by atoms with E-state index >= 15 is 0 Å². The van der Waals surface area contributed by atoms with Crippen molar-refractivity contribution in [3.05, 3.63) is 63.7 Å². The van der Waals surface area contributed by atoms with Gasteiger partial charge in [-0.05, 0) is 30.7 Å². The number of hydrogen-bond acceptors (Lipinski definition) is 5. The Kier molecular flexibility index (Phi) is 4.03. The lowest BCUT2D eigenvalue weighted by atomic mass is 10.1. The first-order valence-corrected chi connectivity index (χ1v) is 6.02. The Morgan fingerprint density at radius 2 is 2.10 bits per heavy atom. The molecule has 0 radical (unpaired) electrons. The van der Waals surface area contributed by atoms with Gasteiger partial charge in [-0.2, -0.15) is 0 Å². The lowest BCUT2D eigenvalue weighted by Crippen LogP contribution is -2.14. The minimum Gasteiger partial charge on any atom is -0.457 e. The van der Waals surface area contributed by atoms with Crippen LogP contribution in [0.4, 0.5) is 5.69 Å². The van der Waals surface area contributed by atoms with Crippen molar-refractivity contribution in [2.24, 2.45) is 10.9 Å². The Labute approximate surface area is 120 Å². The second kappa shape index (κ2) is 5.91. The third kappa shape index (κ3) is 3.27. The van der Waals surface area contributed by atoms with Gasteiger partial charge in [-0.25, -0.2) is 0 Å². The number of non-ortho nitro benzene ring substituents is 1. The van der Waals surface area contributed by atoms with Gasteiger partial charge in [-0.3, -0.25) is 10.1 Å². The highest BCUT2D eigenvalue weighted by molar-refractivity contribution is 6.00. The average molecular weight is 287 g/mol. The van der Waals surface area contributed by atoms with Crippen LogP contribution in [0.3, 0.4) is 0 Å². The SMILES string of the molecule is Cc1cccc(Oc2ccc([N+](=O)[O-])cc2C(N)=NO)c1. The Balaban J connectivity index is 2.45. The largest absolute Gasteiger partial charge is 0.457 e. The van der Waals surface area contributed by atoms with Crippen molar-refractivity contribution in [2.45, 2.75) is 6.92 Å². The molecule has 0 bridgehead atoms. The number of nitrogens with two attached hydrogens (primary N) is 1. The van der Waals surface area contributed by atoms with Gasteiger partial charge in [0.15, 0.2) is 5.84 Å². The molecule has 0 unspecified atom stereocenters. The average Bonchev–Trinajstić information content (AvgIpc) is 2.46. The third-order valence-electron chi connectivity index (χ3n) is 2.78. The molecule has 0 aromatic heterocycles. The van der Waals surface area contributed by atoms with Crippen molar-refractivity contribution in [2.75, 3.05) is 0 Å². The van der Waals surface area contributed by atoms with Gasteiger partial charge in [0.25, 0.3) is 5.69 Å². The number of nitro benzene ring substituents is 1. The maximum absolute atomic E-state index is 10.8. The number of aryl methyl sites for hydroxylation is 1. The molecule has 2 aromatic rings. The van der Waals surface area contributed by atoms with E-state index in [9.17, 15) is 10.1 Å². The molecule has 2 aromatic carbocycles. The molecule has 2 rings (SSSR count). The number of nitrogens with zero attached hydrogens (tertiary/aromatic N) is 2. The van der Waals surface area contributed by atoms with Gasteiger partial charge in [0.1, 0.15) is 11.5 Å². The summed E-state index contributed by atoms with van der Waals surface area (Å²) in [6.07, 6.45) is 0. The molecule has 0 saturated carbocycles. The highest BCUT2D eigenvalue weighted by Crippen LogP contribution is 2.29. The number of rotatable bonds is 4. The highest BCUT2D eigenvalue weighted by atomic mass is 16.6. The Hall–Kier alpha value is -3.09. The van der Waals surface area contributed by atoms with E-state index in [1.807, 2.05) is 19.1 Å². The summed E-state index contributed by atoms with van der Waals surface area (Å²) in [5.74, 6) is 0.554. The van der Waals surface area contributed by atoms with E-state index in [1.165, 1.54) is 18.2 Å². The molecule has 0 atom stereocenters. The van der Waals surface area contributed by atoms with E-state index in [1.54, 1.807) is 12.1 Å². The Morgan fingerprint density at radius 3 is 2.71 bits per heavy atom. The molecule has 0 amide bonds. The second-order valence-corrected chi connectivity index (χ2v) is 4.34. The van der Waals surface area contributed by atoms with Crippen molar-refractivity contribution in [1.29, 1.82) is 0 Å². The summed E-state index contributed by atoms with van der Waals surface area (Å²) in [6, 6.07) is 11.2. The standard InChI is InChI=1S/C14H13N3O4/c1-9-3-2-4-11(7-9)21-13-6-5-10(17(19)20)8-12(13)14(15)16-18/h2-8,18H,1H3,(H2,15,16). The number of oxime groups is 1. The molecule has 0 saturated heterocycles. The van der Waals surface area contributed by atoms with Crippen LogP contribution in [0.2, 0.25) is 0 Å². The Morgan fingerprint density at radius 1 is 1.33 bits per heavy atom. The van der Waals surface area contributed by atoms with Crippen LogP contribution in [0.5, 0.6) is 11.5 Å². The number of benzene rings is 2. The Bertz CT molecular complexity index is 713. The molecule has 0 spiro atoms. The number of amidine groups is 1. The number of ether oxygens (including phenoxy) is 1. The molecule has 21 heavy (non-hydrogen) atoms. The predicted octanol–water partition coefficient (Wildman–Crippen LogP) is 2.79.